The summed E-state index contributed by atoms with van der Waals surface area (Å²) in [6.45, 7) is 3.89. The molecule has 0 aliphatic carbocycles. The zero-order valence-electron chi connectivity index (χ0n) is 10.6. The van der Waals surface area contributed by atoms with Gasteiger partial charge in [-0.1, -0.05) is 11.6 Å². The molecule has 0 saturated carbocycles. The summed E-state index contributed by atoms with van der Waals surface area (Å²) in [4.78, 5) is 10.3. The number of pyridine rings is 1. The highest BCUT2D eigenvalue weighted by Crippen LogP contribution is 2.11. The summed E-state index contributed by atoms with van der Waals surface area (Å²) < 4.78 is 10.7. The first-order chi connectivity index (χ1) is 9.25. The van der Waals surface area contributed by atoms with Gasteiger partial charge in [0.1, 0.15) is 6.61 Å². The maximum Gasteiger partial charge on any atom is 0.213 e. The second kappa shape index (κ2) is 7.16. The number of guanidine groups is 1. The van der Waals surface area contributed by atoms with Crippen LogP contribution >= 0.6 is 11.6 Å². The van der Waals surface area contributed by atoms with E-state index in [9.17, 15) is 0 Å². The van der Waals surface area contributed by atoms with Crippen LogP contribution in [0.2, 0.25) is 5.02 Å². The molecule has 2 heterocycles. The fourth-order valence-electron chi connectivity index (χ4n) is 1.65. The van der Waals surface area contributed by atoms with Gasteiger partial charge in [0.25, 0.3) is 0 Å². The Morgan fingerprint density at radius 2 is 2.26 bits per heavy atom. The molecule has 1 aliphatic rings. The van der Waals surface area contributed by atoms with Crippen molar-refractivity contribution in [1.29, 1.82) is 0 Å². The van der Waals surface area contributed by atoms with Gasteiger partial charge in [-0.05, 0) is 6.07 Å². The third-order valence-electron chi connectivity index (χ3n) is 2.65. The second-order valence-electron chi connectivity index (χ2n) is 4.00. The van der Waals surface area contributed by atoms with E-state index >= 15 is 0 Å². The van der Waals surface area contributed by atoms with Gasteiger partial charge in [0.05, 0.1) is 24.8 Å². The van der Waals surface area contributed by atoms with Crippen LogP contribution in [0.15, 0.2) is 23.3 Å². The monoisotopic (exact) mass is 284 g/mol. The molecule has 1 aliphatic heterocycles. The first-order valence-electron chi connectivity index (χ1n) is 6.12. The summed E-state index contributed by atoms with van der Waals surface area (Å²) in [6.07, 6.45) is 1.54. The lowest BCUT2D eigenvalue weighted by Crippen LogP contribution is -2.45. The van der Waals surface area contributed by atoms with Crippen molar-refractivity contribution in [2.45, 2.75) is 0 Å². The molecule has 0 spiro atoms. The molecule has 0 radical (unpaired) electrons. The van der Waals surface area contributed by atoms with Crippen molar-refractivity contribution < 1.29 is 9.47 Å². The number of aromatic nitrogens is 1. The Morgan fingerprint density at radius 1 is 1.47 bits per heavy atom. The van der Waals surface area contributed by atoms with Crippen molar-refractivity contribution in [3.8, 4) is 5.88 Å². The van der Waals surface area contributed by atoms with Crippen molar-refractivity contribution >= 4 is 17.6 Å². The molecule has 104 valence electrons. The van der Waals surface area contributed by atoms with Crippen LogP contribution in [0.4, 0.5) is 0 Å². The Balaban J connectivity index is 1.71. The number of ether oxygens (including phenoxy) is 2. The van der Waals surface area contributed by atoms with Gasteiger partial charge in [0.2, 0.25) is 5.88 Å². The minimum Gasteiger partial charge on any atom is -0.476 e. The lowest BCUT2D eigenvalue weighted by molar-refractivity contribution is 0.0674. The molecular weight excluding hydrogens is 268 g/mol. The number of morpholine rings is 1. The molecule has 0 unspecified atom stereocenters. The molecule has 0 atom stereocenters. The Morgan fingerprint density at radius 3 is 2.95 bits per heavy atom. The zero-order chi connectivity index (χ0) is 13.5. The molecule has 1 aromatic rings. The average molecular weight is 285 g/mol. The normalized spacial score (nSPS) is 16.5. The third-order valence-corrected chi connectivity index (χ3v) is 2.87. The molecule has 19 heavy (non-hydrogen) atoms. The van der Waals surface area contributed by atoms with Gasteiger partial charge in [0.15, 0.2) is 5.96 Å². The minimum atomic E-state index is 0.430. The Kier molecular flexibility index (Phi) is 5.23. The highest BCUT2D eigenvalue weighted by atomic mass is 35.5. The molecule has 1 aromatic heterocycles. The predicted molar refractivity (Wildman–Crippen MR) is 73.6 cm³/mol. The van der Waals surface area contributed by atoms with Crippen LogP contribution in [0, 0.1) is 0 Å². The number of nitrogens with zero attached hydrogens (tertiary/aromatic N) is 3. The van der Waals surface area contributed by atoms with Crippen LogP contribution in [-0.2, 0) is 4.74 Å². The molecule has 2 N–H and O–H groups in total. The number of hydrogen-bond donors (Lipinski definition) is 1. The molecule has 0 bridgehead atoms. The Labute approximate surface area is 117 Å². The fourth-order valence-corrected chi connectivity index (χ4v) is 1.76. The van der Waals surface area contributed by atoms with E-state index in [1.807, 2.05) is 4.90 Å². The van der Waals surface area contributed by atoms with Crippen LogP contribution in [0.3, 0.4) is 0 Å². The highest BCUT2D eigenvalue weighted by molar-refractivity contribution is 6.30. The highest BCUT2D eigenvalue weighted by Gasteiger charge is 2.11. The number of hydrogen-bond acceptors (Lipinski definition) is 4. The summed E-state index contributed by atoms with van der Waals surface area (Å²) >= 11 is 5.73. The first-order valence-corrected chi connectivity index (χ1v) is 6.50. The van der Waals surface area contributed by atoms with Crippen LogP contribution < -0.4 is 10.5 Å². The number of halogens is 1. The van der Waals surface area contributed by atoms with Crippen molar-refractivity contribution in [2.24, 2.45) is 10.7 Å². The average Bonchev–Trinajstić information content (AvgIpc) is 2.46. The first kappa shape index (κ1) is 13.9. The van der Waals surface area contributed by atoms with E-state index in [-0.39, 0.29) is 0 Å². The Hall–Kier alpha value is -1.53. The van der Waals surface area contributed by atoms with Crippen LogP contribution in [0.1, 0.15) is 0 Å². The van der Waals surface area contributed by atoms with Gasteiger partial charge in [0, 0.05) is 25.4 Å². The quantitative estimate of drug-likeness (QED) is 0.502. The summed E-state index contributed by atoms with van der Waals surface area (Å²) in [5.74, 6) is 1.07. The van der Waals surface area contributed by atoms with E-state index in [0.29, 0.717) is 43.2 Å². The molecule has 6 nitrogen and oxygen atoms in total. The van der Waals surface area contributed by atoms with Crippen LogP contribution in [0.5, 0.6) is 5.88 Å². The zero-order valence-corrected chi connectivity index (χ0v) is 11.3. The standard InChI is InChI=1S/C12H17ClN4O2/c13-10-1-2-11(16-9-10)19-6-3-15-12(14)17-4-7-18-8-5-17/h1-2,9H,3-8H2,(H2,14,15). The van der Waals surface area contributed by atoms with E-state index in [1.54, 1.807) is 18.3 Å². The van der Waals surface area contributed by atoms with Gasteiger partial charge < -0.3 is 20.1 Å². The molecule has 1 saturated heterocycles. The van der Waals surface area contributed by atoms with Crippen LogP contribution in [0.25, 0.3) is 0 Å². The lowest BCUT2D eigenvalue weighted by Gasteiger charge is -2.27. The summed E-state index contributed by atoms with van der Waals surface area (Å²) in [7, 11) is 0. The molecule has 0 aromatic carbocycles. The second-order valence-corrected chi connectivity index (χ2v) is 4.44. The molecular formula is C12H17ClN4O2. The third kappa shape index (κ3) is 4.57. The number of aliphatic imine (C=N–C) groups is 1. The van der Waals surface area contributed by atoms with Crippen LogP contribution in [-0.4, -0.2) is 55.3 Å². The molecule has 7 heteroatoms. The SMILES string of the molecule is NC(=NCCOc1ccc(Cl)cn1)N1CCOCC1. The van der Waals surface area contributed by atoms with E-state index in [0.717, 1.165) is 13.1 Å². The van der Waals surface area contributed by atoms with E-state index in [4.69, 9.17) is 26.8 Å². The number of nitrogens with two attached hydrogens (primary N) is 1. The largest absolute Gasteiger partial charge is 0.476 e. The van der Waals surface area contributed by atoms with Gasteiger partial charge >= 0.3 is 0 Å². The van der Waals surface area contributed by atoms with Crippen molar-refractivity contribution in [2.75, 3.05) is 39.5 Å². The maximum atomic E-state index is 5.88. The minimum absolute atomic E-state index is 0.430. The Bertz CT molecular complexity index is 418. The van der Waals surface area contributed by atoms with Gasteiger partial charge in [-0.15, -0.1) is 0 Å². The summed E-state index contributed by atoms with van der Waals surface area (Å²) in [5.41, 5.74) is 5.88. The van der Waals surface area contributed by atoms with Crippen molar-refractivity contribution in [3.63, 3.8) is 0 Å². The molecule has 1 fully saturated rings. The number of rotatable bonds is 4. The van der Waals surface area contributed by atoms with E-state index < -0.39 is 0 Å². The van der Waals surface area contributed by atoms with E-state index in [2.05, 4.69) is 9.98 Å². The van der Waals surface area contributed by atoms with Gasteiger partial charge in [-0.3, -0.25) is 0 Å². The van der Waals surface area contributed by atoms with Crippen molar-refractivity contribution in [3.05, 3.63) is 23.4 Å². The molecule has 0 amide bonds. The summed E-state index contributed by atoms with van der Waals surface area (Å²) in [6, 6.07) is 3.45. The fraction of sp³-hybridized carbons (Fsp3) is 0.500. The maximum absolute atomic E-state index is 5.88. The summed E-state index contributed by atoms with van der Waals surface area (Å²) in [5, 5.41) is 0.585. The van der Waals surface area contributed by atoms with E-state index in [1.165, 1.54) is 0 Å². The van der Waals surface area contributed by atoms with Gasteiger partial charge in [-0.25, -0.2) is 9.98 Å². The smallest absolute Gasteiger partial charge is 0.213 e. The predicted octanol–water partition coefficient (Wildman–Crippen LogP) is 0.761. The van der Waals surface area contributed by atoms with Crippen molar-refractivity contribution in [1.82, 2.24) is 9.88 Å². The topological polar surface area (TPSA) is 73.0 Å². The molecule has 2 rings (SSSR count). The van der Waals surface area contributed by atoms with Gasteiger partial charge in [-0.2, -0.15) is 0 Å². The lowest BCUT2D eigenvalue weighted by atomic mass is 10.4.